The third kappa shape index (κ3) is 2.56. The minimum Gasteiger partial charge on any atom is -0.364 e. The molecule has 3 rings (SSSR count). The Bertz CT molecular complexity index is 448. The molecule has 1 atom stereocenters. The second-order valence-corrected chi connectivity index (χ2v) is 4.60. The lowest BCUT2D eigenvalue weighted by Gasteiger charge is -2.17. The third-order valence-electron chi connectivity index (χ3n) is 3.25. The molecule has 3 nitrogen and oxygen atoms in total. The van der Waals surface area contributed by atoms with Crippen molar-refractivity contribution in [2.24, 2.45) is 5.92 Å². The summed E-state index contributed by atoms with van der Waals surface area (Å²) < 4.78 is 4.84. The van der Waals surface area contributed by atoms with E-state index in [1.807, 2.05) is 6.07 Å². The first-order valence-corrected chi connectivity index (χ1v) is 6.11. The number of nitrogens with zero attached hydrogens (tertiary/aromatic N) is 1. The predicted molar refractivity (Wildman–Crippen MR) is 65.2 cm³/mol. The number of rotatable bonds is 5. The van der Waals surface area contributed by atoms with Crippen molar-refractivity contribution in [2.45, 2.75) is 25.4 Å². The summed E-state index contributed by atoms with van der Waals surface area (Å²) in [4.78, 5) is 0. The molecule has 0 bridgehead atoms. The van der Waals surface area contributed by atoms with Crippen LogP contribution >= 0.6 is 0 Å². The van der Waals surface area contributed by atoms with Crippen molar-refractivity contribution in [3.05, 3.63) is 53.9 Å². The van der Waals surface area contributed by atoms with E-state index in [0.717, 1.165) is 18.2 Å². The molecule has 1 saturated carbocycles. The first kappa shape index (κ1) is 10.5. The van der Waals surface area contributed by atoms with Gasteiger partial charge < -0.3 is 9.84 Å². The van der Waals surface area contributed by atoms with Gasteiger partial charge in [0.1, 0.15) is 6.26 Å². The van der Waals surface area contributed by atoms with E-state index in [2.05, 4.69) is 40.8 Å². The van der Waals surface area contributed by atoms with Crippen LogP contribution in [0.2, 0.25) is 0 Å². The van der Waals surface area contributed by atoms with Gasteiger partial charge in [0.15, 0.2) is 0 Å². The number of nitrogens with one attached hydrogen (secondary N) is 1. The van der Waals surface area contributed by atoms with E-state index in [-0.39, 0.29) is 0 Å². The maximum absolute atomic E-state index is 4.84. The predicted octanol–water partition coefficient (Wildman–Crippen LogP) is 2.92. The summed E-state index contributed by atoms with van der Waals surface area (Å²) in [5, 5.41) is 7.50. The smallest absolute Gasteiger partial charge is 0.124 e. The molecule has 1 fully saturated rings. The van der Waals surface area contributed by atoms with Gasteiger partial charge in [0.25, 0.3) is 0 Å². The van der Waals surface area contributed by atoms with Crippen molar-refractivity contribution < 1.29 is 4.52 Å². The highest BCUT2D eigenvalue weighted by molar-refractivity contribution is 5.21. The van der Waals surface area contributed by atoms with Crippen molar-refractivity contribution in [3.8, 4) is 0 Å². The summed E-state index contributed by atoms with van der Waals surface area (Å²) in [6.45, 7) is 0.770. The maximum Gasteiger partial charge on any atom is 0.124 e. The standard InChI is InChI=1S/C14H16N2O/c1-2-4-11(5-3-1)14(12-6-7-12)15-10-13-8-9-17-16-13/h1-5,8-9,12,14-15H,6-7,10H2. The molecule has 2 aromatic rings. The van der Waals surface area contributed by atoms with Gasteiger partial charge in [-0.05, 0) is 24.3 Å². The molecule has 0 spiro atoms. The van der Waals surface area contributed by atoms with Crippen LogP contribution in [-0.2, 0) is 6.54 Å². The van der Waals surface area contributed by atoms with Gasteiger partial charge in [-0.15, -0.1) is 0 Å². The quantitative estimate of drug-likeness (QED) is 0.855. The Kier molecular flexibility index (Phi) is 2.92. The van der Waals surface area contributed by atoms with Gasteiger partial charge in [0.2, 0.25) is 0 Å². The van der Waals surface area contributed by atoms with Crippen LogP contribution in [-0.4, -0.2) is 5.16 Å². The van der Waals surface area contributed by atoms with Crippen molar-refractivity contribution >= 4 is 0 Å². The zero-order chi connectivity index (χ0) is 11.5. The van der Waals surface area contributed by atoms with Crippen LogP contribution in [0.15, 0.2) is 47.2 Å². The Labute approximate surface area is 101 Å². The fourth-order valence-electron chi connectivity index (χ4n) is 2.19. The molecule has 1 aromatic heterocycles. The summed E-state index contributed by atoms with van der Waals surface area (Å²) in [5.74, 6) is 0.782. The van der Waals surface area contributed by atoms with E-state index < -0.39 is 0 Å². The summed E-state index contributed by atoms with van der Waals surface area (Å²) >= 11 is 0. The summed E-state index contributed by atoms with van der Waals surface area (Å²) in [5.41, 5.74) is 2.34. The van der Waals surface area contributed by atoms with Crippen LogP contribution in [0.3, 0.4) is 0 Å². The zero-order valence-electron chi connectivity index (χ0n) is 9.67. The fourth-order valence-corrected chi connectivity index (χ4v) is 2.19. The van der Waals surface area contributed by atoms with Gasteiger partial charge in [0.05, 0.1) is 5.69 Å². The van der Waals surface area contributed by atoms with Gasteiger partial charge in [-0.1, -0.05) is 35.5 Å². The molecule has 1 aliphatic rings. The molecule has 1 aliphatic carbocycles. The van der Waals surface area contributed by atoms with E-state index in [0.29, 0.717) is 6.04 Å². The second-order valence-electron chi connectivity index (χ2n) is 4.60. The molecule has 0 aliphatic heterocycles. The highest BCUT2D eigenvalue weighted by Crippen LogP contribution is 2.40. The second kappa shape index (κ2) is 4.72. The van der Waals surface area contributed by atoms with Gasteiger partial charge in [-0.3, -0.25) is 0 Å². The average molecular weight is 228 g/mol. The molecule has 1 N–H and O–H groups in total. The normalized spacial score (nSPS) is 16.9. The highest BCUT2D eigenvalue weighted by atomic mass is 16.5. The van der Waals surface area contributed by atoms with E-state index in [1.165, 1.54) is 18.4 Å². The van der Waals surface area contributed by atoms with Gasteiger partial charge in [-0.2, -0.15) is 0 Å². The fraction of sp³-hybridized carbons (Fsp3) is 0.357. The Morgan fingerprint density at radius 2 is 2.06 bits per heavy atom. The highest BCUT2D eigenvalue weighted by Gasteiger charge is 2.31. The minimum absolute atomic E-state index is 0.452. The molecular formula is C14H16N2O. The monoisotopic (exact) mass is 228 g/mol. The molecule has 1 heterocycles. The van der Waals surface area contributed by atoms with Crippen LogP contribution in [0.4, 0.5) is 0 Å². The lowest BCUT2D eigenvalue weighted by atomic mass is 10.0. The van der Waals surface area contributed by atoms with Crippen LogP contribution in [0, 0.1) is 5.92 Å². The maximum atomic E-state index is 4.84. The topological polar surface area (TPSA) is 38.1 Å². The van der Waals surface area contributed by atoms with Crippen molar-refractivity contribution in [1.29, 1.82) is 0 Å². The Morgan fingerprint density at radius 1 is 1.24 bits per heavy atom. The lowest BCUT2D eigenvalue weighted by Crippen LogP contribution is -2.22. The van der Waals surface area contributed by atoms with E-state index in [9.17, 15) is 0 Å². The summed E-state index contributed by atoms with van der Waals surface area (Å²) in [6, 6.07) is 13.0. The molecular weight excluding hydrogens is 212 g/mol. The summed E-state index contributed by atoms with van der Waals surface area (Å²) in [6.07, 6.45) is 4.27. The number of hydrogen-bond acceptors (Lipinski definition) is 3. The Morgan fingerprint density at radius 3 is 2.71 bits per heavy atom. The van der Waals surface area contributed by atoms with E-state index in [4.69, 9.17) is 4.52 Å². The first-order chi connectivity index (χ1) is 8.43. The average Bonchev–Trinajstić information content (AvgIpc) is 3.07. The third-order valence-corrected chi connectivity index (χ3v) is 3.25. The largest absolute Gasteiger partial charge is 0.364 e. The zero-order valence-corrected chi connectivity index (χ0v) is 9.67. The van der Waals surface area contributed by atoms with Crippen molar-refractivity contribution in [2.75, 3.05) is 0 Å². The lowest BCUT2D eigenvalue weighted by molar-refractivity contribution is 0.400. The molecule has 1 aromatic carbocycles. The molecule has 0 saturated heterocycles. The number of hydrogen-bond donors (Lipinski definition) is 1. The minimum atomic E-state index is 0.452. The molecule has 3 heteroatoms. The van der Waals surface area contributed by atoms with Gasteiger partial charge >= 0.3 is 0 Å². The SMILES string of the molecule is c1ccc(C(NCc2ccon2)C2CC2)cc1. The van der Waals surface area contributed by atoms with Crippen LogP contribution in [0.25, 0.3) is 0 Å². The summed E-state index contributed by atoms with van der Waals surface area (Å²) in [7, 11) is 0. The molecule has 0 amide bonds. The van der Waals surface area contributed by atoms with Crippen LogP contribution < -0.4 is 5.32 Å². The molecule has 0 radical (unpaired) electrons. The Hall–Kier alpha value is -1.61. The Balaban J connectivity index is 1.68. The van der Waals surface area contributed by atoms with Gasteiger partial charge in [-0.25, -0.2) is 0 Å². The van der Waals surface area contributed by atoms with E-state index in [1.54, 1.807) is 6.26 Å². The molecule has 88 valence electrons. The molecule has 17 heavy (non-hydrogen) atoms. The molecule has 1 unspecified atom stereocenters. The van der Waals surface area contributed by atoms with Crippen molar-refractivity contribution in [3.63, 3.8) is 0 Å². The number of benzene rings is 1. The van der Waals surface area contributed by atoms with Crippen LogP contribution in [0.5, 0.6) is 0 Å². The number of aromatic nitrogens is 1. The van der Waals surface area contributed by atoms with Crippen molar-refractivity contribution in [1.82, 2.24) is 10.5 Å². The first-order valence-electron chi connectivity index (χ1n) is 6.11. The van der Waals surface area contributed by atoms with Gasteiger partial charge in [0, 0.05) is 18.7 Å². The van der Waals surface area contributed by atoms with Crippen LogP contribution in [0.1, 0.15) is 30.1 Å². The van der Waals surface area contributed by atoms with E-state index >= 15 is 0 Å².